The van der Waals surface area contributed by atoms with Crippen molar-refractivity contribution in [1.82, 2.24) is 5.32 Å². The van der Waals surface area contributed by atoms with Crippen molar-refractivity contribution in [2.24, 2.45) is 0 Å². The van der Waals surface area contributed by atoms with Gasteiger partial charge in [0, 0.05) is 23.4 Å². The van der Waals surface area contributed by atoms with E-state index in [1.807, 2.05) is 0 Å². The number of rotatable bonds is 8. The highest BCUT2D eigenvalue weighted by Gasteiger charge is 2.17. The summed E-state index contributed by atoms with van der Waals surface area (Å²) >= 11 is 3.32. The smallest absolute Gasteiger partial charge is 0.337 e. The van der Waals surface area contributed by atoms with Crippen molar-refractivity contribution in [1.29, 1.82) is 0 Å². The Morgan fingerprint density at radius 2 is 1.58 bits per heavy atom. The van der Waals surface area contributed by atoms with E-state index in [0.29, 0.717) is 27.0 Å². The van der Waals surface area contributed by atoms with Gasteiger partial charge in [0.1, 0.15) is 11.4 Å². The molecule has 0 aliphatic carbocycles. The summed E-state index contributed by atoms with van der Waals surface area (Å²) in [7, 11) is 2.75. The number of amides is 2. The number of methoxy groups -OCH3 is 2. The predicted octanol–water partition coefficient (Wildman–Crippen LogP) is 4.56. The zero-order valence-electron chi connectivity index (χ0n) is 19.1. The molecule has 0 fully saturated rings. The zero-order chi connectivity index (χ0) is 26.2. The first-order valence-corrected chi connectivity index (χ1v) is 11.1. The third-order valence-electron chi connectivity index (χ3n) is 4.89. The van der Waals surface area contributed by atoms with Crippen molar-refractivity contribution in [3.63, 3.8) is 0 Å². The fraction of sp³-hybridized carbons (Fsp3) is 0.0800. The number of non-ortho nitro benzene ring substituents is 1. The fourth-order valence-electron chi connectivity index (χ4n) is 3.03. The second-order valence-corrected chi connectivity index (χ2v) is 8.09. The van der Waals surface area contributed by atoms with E-state index < -0.39 is 22.7 Å². The Morgan fingerprint density at radius 3 is 2.14 bits per heavy atom. The molecule has 0 radical (unpaired) electrons. The summed E-state index contributed by atoms with van der Waals surface area (Å²) < 4.78 is 10.4. The molecule has 0 bridgehead atoms. The van der Waals surface area contributed by atoms with Crippen molar-refractivity contribution in [3.05, 3.63) is 104 Å². The van der Waals surface area contributed by atoms with Gasteiger partial charge in [-0.15, -0.1) is 0 Å². The van der Waals surface area contributed by atoms with Crippen LogP contribution < -0.4 is 15.4 Å². The Kier molecular flexibility index (Phi) is 8.52. The van der Waals surface area contributed by atoms with E-state index >= 15 is 0 Å². The Hall–Kier alpha value is -4.51. The first-order valence-electron chi connectivity index (χ1n) is 10.3. The topological polar surface area (TPSA) is 137 Å². The number of nitrogens with one attached hydrogen (secondary N) is 2. The van der Waals surface area contributed by atoms with Crippen molar-refractivity contribution >= 4 is 51.2 Å². The van der Waals surface area contributed by atoms with Crippen molar-refractivity contribution in [2.75, 3.05) is 19.5 Å². The van der Waals surface area contributed by atoms with Crippen LogP contribution in [0.3, 0.4) is 0 Å². The molecule has 184 valence electrons. The number of esters is 1. The van der Waals surface area contributed by atoms with E-state index in [1.54, 1.807) is 12.1 Å². The molecule has 11 heteroatoms. The molecule has 0 aliphatic rings. The number of nitrogens with zero attached hydrogens (tertiary/aromatic N) is 1. The number of nitro benzene ring substituents is 1. The standard InChI is InChI=1S/C25H20BrN3O7/c1-35-22-12-7-17(14-20(22)26)23(30)28-21(13-15-3-10-19(11-4-15)29(33)34)24(31)27-18-8-5-16(6-9-18)25(32)36-2/h3-14H,1-2H3,(H,27,31)(H,28,30). The van der Waals surface area contributed by atoms with Crippen LogP contribution in [0.25, 0.3) is 6.08 Å². The van der Waals surface area contributed by atoms with E-state index in [1.165, 1.54) is 74.9 Å². The average Bonchev–Trinajstić information content (AvgIpc) is 2.88. The molecule has 0 spiro atoms. The minimum atomic E-state index is -0.653. The number of carbonyl (C=O) groups excluding carboxylic acids is 3. The van der Waals surface area contributed by atoms with Crippen LogP contribution in [-0.2, 0) is 9.53 Å². The summed E-state index contributed by atoms with van der Waals surface area (Å²) in [6.07, 6.45) is 1.39. The lowest BCUT2D eigenvalue weighted by atomic mass is 10.1. The van der Waals surface area contributed by atoms with Gasteiger partial charge in [0.15, 0.2) is 0 Å². The second-order valence-electron chi connectivity index (χ2n) is 7.23. The normalized spacial score (nSPS) is 10.8. The van der Waals surface area contributed by atoms with Crippen LogP contribution in [0.15, 0.2) is 76.9 Å². The Balaban J connectivity index is 1.89. The maximum atomic E-state index is 13.1. The predicted molar refractivity (Wildman–Crippen MR) is 136 cm³/mol. The molecule has 0 saturated heterocycles. The van der Waals surface area contributed by atoms with E-state index in [4.69, 9.17) is 4.74 Å². The second kappa shape index (κ2) is 11.8. The third-order valence-corrected chi connectivity index (χ3v) is 5.51. The Bertz CT molecular complexity index is 1340. The van der Waals surface area contributed by atoms with Gasteiger partial charge in [-0.1, -0.05) is 0 Å². The average molecular weight is 554 g/mol. The number of hydrogen-bond acceptors (Lipinski definition) is 7. The van der Waals surface area contributed by atoms with E-state index in [9.17, 15) is 24.5 Å². The highest BCUT2D eigenvalue weighted by Crippen LogP contribution is 2.25. The molecule has 3 aromatic carbocycles. The quantitative estimate of drug-likeness (QED) is 0.180. The number of ether oxygens (including phenoxy) is 2. The summed E-state index contributed by atoms with van der Waals surface area (Å²) in [5.74, 6) is -1.21. The van der Waals surface area contributed by atoms with Crippen LogP contribution >= 0.6 is 15.9 Å². The Morgan fingerprint density at radius 1 is 0.944 bits per heavy atom. The minimum absolute atomic E-state index is 0.113. The molecular weight excluding hydrogens is 534 g/mol. The zero-order valence-corrected chi connectivity index (χ0v) is 20.7. The molecule has 0 aromatic heterocycles. The van der Waals surface area contributed by atoms with E-state index in [-0.39, 0.29) is 16.9 Å². The minimum Gasteiger partial charge on any atom is -0.496 e. The SMILES string of the molecule is COC(=O)c1ccc(NC(=O)C(=Cc2ccc([N+](=O)[O-])cc2)NC(=O)c2ccc(OC)c(Br)c2)cc1. The van der Waals surface area contributed by atoms with Gasteiger partial charge in [0.25, 0.3) is 17.5 Å². The molecule has 0 saturated carbocycles. The van der Waals surface area contributed by atoms with Gasteiger partial charge < -0.3 is 20.1 Å². The summed E-state index contributed by atoms with van der Waals surface area (Å²) in [5, 5.41) is 16.2. The molecule has 0 atom stereocenters. The van der Waals surface area contributed by atoms with Crippen LogP contribution in [0.4, 0.5) is 11.4 Å². The van der Waals surface area contributed by atoms with Gasteiger partial charge in [-0.25, -0.2) is 4.79 Å². The maximum Gasteiger partial charge on any atom is 0.337 e. The molecule has 0 aliphatic heterocycles. The molecule has 2 amide bonds. The highest BCUT2D eigenvalue weighted by molar-refractivity contribution is 9.10. The molecule has 3 aromatic rings. The van der Waals surface area contributed by atoms with E-state index in [0.717, 1.165) is 0 Å². The maximum absolute atomic E-state index is 13.1. The van der Waals surface area contributed by atoms with Gasteiger partial charge in [-0.05, 0) is 82.2 Å². The number of benzene rings is 3. The number of halogens is 1. The summed E-state index contributed by atoms with van der Waals surface area (Å²) in [6.45, 7) is 0. The first-order chi connectivity index (χ1) is 17.2. The number of carbonyl (C=O) groups is 3. The molecule has 2 N–H and O–H groups in total. The van der Waals surface area contributed by atoms with Gasteiger partial charge >= 0.3 is 5.97 Å². The van der Waals surface area contributed by atoms with Crippen molar-refractivity contribution in [3.8, 4) is 5.75 Å². The monoisotopic (exact) mass is 553 g/mol. The fourth-order valence-corrected chi connectivity index (χ4v) is 3.57. The Labute approximate surface area is 214 Å². The molecule has 0 heterocycles. The highest BCUT2D eigenvalue weighted by atomic mass is 79.9. The van der Waals surface area contributed by atoms with Gasteiger partial charge in [0.2, 0.25) is 0 Å². The van der Waals surface area contributed by atoms with Crippen LogP contribution in [0.1, 0.15) is 26.3 Å². The first kappa shape index (κ1) is 26.1. The van der Waals surface area contributed by atoms with Gasteiger partial charge in [0.05, 0.1) is 29.2 Å². The molecule has 3 rings (SSSR count). The third kappa shape index (κ3) is 6.54. The number of anilines is 1. The molecule has 10 nitrogen and oxygen atoms in total. The van der Waals surface area contributed by atoms with Crippen LogP contribution in [0.2, 0.25) is 0 Å². The number of hydrogen-bond donors (Lipinski definition) is 2. The molecular formula is C25H20BrN3O7. The molecule has 36 heavy (non-hydrogen) atoms. The van der Waals surface area contributed by atoms with Gasteiger partial charge in [-0.2, -0.15) is 0 Å². The number of nitro groups is 1. The van der Waals surface area contributed by atoms with E-state index in [2.05, 4.69) is 31.3 Å². The molecule has 0 unspecified atom stereocenters. The van der Waals surface area contributed by atoms with Crippen molar-refractivity contribution in [2.45, 2.75) is 0 Å². The lowest BCUT2D eigenvalue weighted by Gasteiger charge is -2.12. The summed E-state index contributed by atoms with van der Waals surface area (Å²) in [4.78, 5) is 48.0. The largest absolute Gasteiger partial charge is 0.496 e. The van der Waals surface area contributed by atoms with Crippen LogP contribution in [0.5, 0.6) is 5.75 Å². The van der Waals surface area contributed by atoms with Crippen LogP contribution in [-0.4, -0.2) is 36.9 Å². The summed E-state index contributed by atoms with van der Waals surface area (Å²) in [5.41, 5.74) is 1.14. The van der Waals surface area contributed by atoms with Gasteiger partial charge in [-0.3, -0.25) is 19.7 Å². The van der Waals surface area contributed by atoms with Crippen LogP contribution in [0, 0.1) is 10.1 Å². The lowest BCUT2D eigenvalue weighted by molar-refractivity contribution is -0.384. The van der Waals surface area contributed by atoms with Crippen molar-refractivity contribution < 1.29 is 28.8 Å². The summed E-state index contributed by atoms with van der Waals surface area (Å²) in [6, 6.07) is 16.1. The lowest BCUT2D eigenvalue weighted by Crippen LogP contribution is -2.30.